The van der Waals surface area contributed by atoms with Crippen LogP contribution < -0.4 is 0 Å². The van der Waals surface area contributed by atoms with Gasteiger partial charge in [0.2, 0.25) is 0 Å². The molecular weight excluding hydrogens is 270 g/mol. The van der Waals surface area contributed by atoms with Crippen LogP contribution in [-0.4, -0.2) is 5.78 Å². The SMILES string of the molecule is O=C(Cc1ccccc1Cl)Cc1c(F)cccc1F. The highest BCUT2D eigenvalue weighted by atomic mass is 35.5. The second kappa shape index (κ2) is 5.93. The Morgan fingerprint density at radius 2 is 1.58 bits per heavy atom. The number of benzene rings is 2. The van der Waals surface area contributed by atoms with Crippen LogP contribution in [0.25, 0.3) is 0 Å². The van der Waals surface area contributed by atoms with Crippen LogP contribution in [0.5, 0.6) is 0 Å². The lowest BCUT2D eigenvalue weighted by molar-refractivity contribution is -0.117. The molecule has 0 unspecified atom stereocenters. The molecule has 0 amide bonds. The molecule has 0 bridgehead atoms. The van der Waals surface area contributed by atoms with Crippen LogP contribution in [0.4, 0.5) is 8.78 Å². The Bertz CT molecular complexity index is 591. The molecule has 0 atom stereocenters. The van der Waals surface area contributed by atoms with E-state index in [1.54, 1.807) is 24.3 Å². The molecule has 0 spiro atoms. The molecule has 0 aromatic heterocycles. The number of carbonyl (C=O) groups is 1. The van der Waals surface area contributed by atoms with Gasteiger partial charge in [0.15, 0.2) is 0 Å². The van der Waals surface area contributed by atoms with Crippen molar-refractivity contribution < 1.29 is 13.6 Å². The van der Waals surface area contributed by atoms with Crippen LogP contribution in [0.3, 0.4) is 0 Å². The van der Waals surface area contributed by atoms with Crippen molar-refractivity contribution in [3.8, 4) is 0 Å². The van der Waals surface area contributed by atoms with Crippen molar-refractivity contribution in [1.82, 2.24) is 0 Å². The zero-order valence-corrected chi connectivity index (χ0v) is 10.8. The first-order valence-electron chi connectivity index (χ1n) is 5.76. The fourth-order valence-corrected chi connectivity index (χ4v) is 2.02. The minimum Gasteiger partial charge on any atom is -0.299 e. The van der Waals surface area contributed by atoms with Crippen molar-refractivity contribution in [3.63, 3.8) is 0 Å². The van der Waals surface area contributed by atoms with E-state index < -0.39 is 11.6 Å². The third-order valence-corrected chi connectivity index (χ3v) is 3.15. The molecule has 0 N–H and O–H groups in total. The van der Waals surface area contributed by atoms with Gasteiger partial charge >= 0.3 is 0 Å². The smallest absolute Gasteiger partial charge is 0.141 e. The molecule has 1 nitrogen and oxygen atoms in total. The summed E-state index contributed by atoms with van der Waals surface area (Å²) in [5.74, 6) is -1.68. The maximum absolute atomic E-state index is 13.4. The summed E-state index contributed by atoms with van der Waals surface area (Å²) in [5, 5.41) is 0.477. The molecule has 98 valence electrons. The molecule has 0 aliphatic heterocycles. The number of carbonyl (C=O) groups excluding carboxylic acids is 1. The maximum atomic E-state index is 13.4. The van der Waals surface area contributed by atoms with E-state index >= 15 is 0 Å². The first kappa shape index (κ1) is 13.7. The van der Waals surface area contributed by atoms with Crippen LogP contribution in [0.1, 0.15) is 11.1 Å². The summed E-state index contributed by atoms with van der Waals surface area (Å²) in [6, 6.07) is 10.5. The summed E-state index contributed by atoms with van der Waals surface area (Å²) in [6.07, 6.45) is -0.211. The summed E-state index contributed by atoms with van der Waals surface area (Å²) in [7, 11) is 0. The van der Waals surface area contributed by atoms with Crippen molar-refractivity contribution in [2.45, 2.75) is 12.8 Å². The monoisotopic (exact) mass is 280 g/mol. The highest BCUT2D eigenvalue weighted by Gasteiger charge is 2.14. The van der Waals surface area contributed by atoms with Gasteiger partial charge in [-0.25, -0.2) is 8.78 Å². The van der Waals surface area contributed by atoms with Crippen LogP contribution >= 0.6 is 11.6 Å². The third kappa shape index (κ3) is 3.38. The first-order chi connectivity index (χ1) is 9.08. The van der Waals surface area contributed by atoms with Crippen molar-refractivity contribution >= 4 is 17.4 Å². The molecule has 19 heavy (non-hydrogen) atoms. The summed E-state index contributed by atoms with van der Waals surface area (Å²) in [6.45, 7) is 0. The van der Waals surface area contributed by atoms with Gasteiger partial charge in [0.05, 0.1) is 0 Å². The van der Waals surface area contributed by atoms with E-state index in [1.165, 1.54) is 6.07 Å². The Labute approximate surface area is 114 Å². The predicted molar refractivity (Wildman–Crippen MR) is 70.2 cm³/mol. The van der Waals surface area contributed by atoms with E-state index in [2.05, 4.69) is 0 Å². The average Bonchev–Trinajstić information content (AvgIpc) is 2.37. The van der Waals surface area contributed by atoms with Gasteiger partial charge in [0.1, 0.15) is 17.4 Å². The number of halogens is 3. The van der Waals surface area contributed by atoms with Crippen molar-refractivity contribution in [3.05, 3.63) is 70.2 Å². The van der Waals surface area contributed by atoms with Gasteiger partial charge in [0, 0.05) is 23.4 Å². The number of hydrogen-bond donors (Lipinski definition) is 0. The average molecular weight is 281 g/mol. The summed E-state index contributed by atoms with van der Waals surface area (Å²) >= 11 is 5.93. The van der Waals surface area contributed by atoms with E-state index in [0.29, 0.717) is 10.6 Å². The molecule has 0 aliphatic rings. The molecule has 2 aromatic carbocycles. The topological polar surface area (TPSA) is 17.1 Å². The molecule has 2 aromatic rings. The Hall–Kier alpha value is -1.74. The zero-order chi connectivity index (χ0) is 13.8. The Morgan fingerprint density at radius 1 is 0.947 bits per heavy atom. The first-order valence-corrected chi connectivity index (χ1v) is 6.13. The molecule has 4 heteroatoms. The van der Waals surface area contributed by atoms with Gasteiger partial charge in [-0.15, -0.1) is 0 Å². The molecule has 0 fully saturated rings. The van der Waals surface area contributed by atoms with E-state index in [9.17, 15) is 13.6 Å². The zero-order valence-electron chi connectivity index (χ0n) is 10.00. The second-order valence-electron chi connectivity index (χ2n) is 4.18. The molecule has 2 rings (SSSR count). The van der Waals surface area contributed by atoms with Gasteiger partial charge in [-0.3, -0.25) is 4.79 Å². The molecule has 0 saturated carbocycles. The third-order valence-electron chi connectivity index (χ3n) is 2.78. The largest absolute Gasteiger partial charge is 0.299 e. The lowest BCUT2D eigenvalue weighted by Crippen LogP contribution is -2.10. The molecule has 0 aliphatic carbocycles. The standard InChI is InChI=1S/C15H11ClF2O/c16-13-5-2-1-4-10(13)8-11(19)9-12-14(17)6-3-7-15(12)18/h1-7H,8-9H2. The fraction of sp³-hybridized carbons (Fsp3) is 0.133. The van der Waals surface area contributed by atoms with Gasteiger partial charge in [0.25, 0.3) is 0 Å². The van der Waals surface area contributed by atoms with Crippen LogP contribution in [-0.2, 0) is 17.6 Å². The number of rotatable bonds is 4. The van der Waals surface area contributed by atoms with E-state index in [4.69, 9.17) is 11.6 Å². The molecule has 0 radical (unpaired) electrons. The minimum absolute atomic E-state index is 0.0629. The predicted octanol–water partition coefficient (Wildman–Crippen LogP) is 3.97. The molecule has 0 heterocycles. The number of ketones is 1. The summed E-state index contributed by atoms with van der Waals surface area (Å²) < 4.78 is 26.8. The highest BCUT2D eigenvalue weighted by molar-refractivity contribution is 6.31. The number of Topliss-reactive ketones (excluding diaryl/α,β-unsaturated/α-hetero) is 1. The van der Waals surface area contributed by atoms with Gasteiger partial charge < -0.3 is 0 Å². The Morgan fingerprint density at radius 3 is 2.21 bits per heavy atom. The van der Waals surface area contributed by atoms with Gasteiger partial charge in [-0.05, 0) is 23.8 Å². The lowest BCUT2D eigenvalue weighted by atomic mass is 10.0. The van der Waals surface area contributed by atoms with Gasteiger partial charge in [-0.1, -0.05) is 35.9 Å². The highest BCUT2D eigenvalue weighted by Crippen LogP contribution is 2.18. The fourth-order valence-electron chi connectivity index (χ4n) is 1.82. The Balaban J connectivity index is 2.12. The lowest BCUT2D eigenvalue weighted by Gasteiger charge is -2.05. The maximum Gasteiger partial charge on any atom is 0.141 e. The van der Waals surface area contributed by atoms with E-state index in [1.807, 2.05) is 0 Å². The van der Waals surface area contributed by atoms with Crippen LogP contribution in [0, 0.1) is 11.6 Å². The summed E-state index contributed by atoms with van der Waals surface area (Å²) in [4.78, 5) is 11.8. The molecule has 0 saturated heterocycles. The Kier molecular flexibility index (Phi) is 4.27. The van der Waals surface area contributed by atoms with Crippen molar-refractivity contribution in [1.29, 1.82) is 0 Å². The van der Waals surface area contributed by atoms with Gasteiger partial charge in [-0.2, -0.15) is 0 Å². The molecular formula is C15H11ClF2O. The summed E-state index contributed by atoms with van der Waals surface area (Å²) in [5.41, 5.74) is 0.463. The minimum atomic E-state index is -0.701. The van der Waals surface area contributed by atoms with E-state index in [0.717, 1.165) is 12.1 Å². The van der Waals surface area contributed by atoms with Crippen molar-refractivity contribution in [2.24, 2.45) is 0 Å². The van der Waals surface area contributed by atoms with Crippen LogP contribution in [0.2, 0.25) is 5.02 Å². The van der Waals surface area contributed by atoms with E-state index in [-0.39, 0.29) is 24.2 Å². The second-order valence-corrected chi connectivity index (χ2v) is 4.59. The van der Waals surface area contributed by atoms with Crippen LogP contribution in [0.15, 0.2) is 42.5 Å². The van der Waals surface area contributed by atoms with Crippen molar-refractivity contribution in [2.75, 3.05) is 0 Å². The normalized spacial score (nSPS) is 10.5. The quantitative estimate of drug-likeness (QED) is 0.828. The number of hydrogen-bond acceptors (Lipinski definition) is 1.